The van der Waals surface area contributed by atoms with Crippen LogP contribution in [0.25, 0.3) is 0 Å². The van der Waals surface area contributed by atoms with Gasteiger partial charge in [0.2, 0.25) is 0 Å². The molecule has 112 valence electrons. The Kier molecular flexibility index (Phi) is 4.61. The smallest absolute Gasteiger partial charge is 0.351 e. The summed E-state index contributed by atoms with van der Waals surface area (Å²) in [5, 5.41) is 28.4. The average molecular weight is 306 g/mol. The lowest BCUT2D eigenvalue weighted by Gasteiger charge is -2.17. The van der Waals surface area contributed by atoms with Crippen molar-refractivity contribution in [2.45, 2.75) is 31.0 Å². The van der Waals surface area contributed by atoms with E-state index >= 15 is 0 Å². The van der Waals surface area contributed by atoms with E-state index in [9.17, 15) is 15.0 Å². The van der Waals surface area contributed by atoms with E-state index in [0.29, 0.717) is 0 Å². The first-order chi connectivity index (χ1) is 9.47. The second-order valence-electron chi connectivity index (χ2n) is 4.56. The van der Waals surface area contributed by atoms with Gasteiger partial charge in [-0.2, -0.15) is 4.98 Å². The Labute approximate surface area is 119 Å². The zero-order chi connectivity index (χ0) is 14.9. The molecule has 9 heteroatoms. The summed E-state index contributed by atoms with van der Waals surface area (Å²) in [5.74, 6) is -0.200. The number of aliphatic hydroxyl groups excluding tert-OH is 3. The van der Waals surface area contributed by atoms with Crippen molar-refractivity contribution in [2.75, 3.05) is 18.2 Å². The third kappa shape index (κ3) is 2.79. The highest BCUT2D eigenvalue weighted by Crippen LogP contribution is 2.28. The number of nitrogens with two attached hydrogens (primary N) is 1. The lowest BCUT2D eigenvalue weighted by molar-refractivity contribution is -0.0460. The molecule has 4 atom stereocenters. The first-order valence-electron chi connectivity index (χ1n) is 6.04. The normalized spacial score (nSPS) is 27.7. The van der Waals surface area contributed by atoms with Gasteiger partial charge >= 0.3 is 5.69 Å². The van der Waals surface area contributed by atoms with Gasteiger partial charge in [0, 0.05) is 18.2 Å². The molecule has 0 saturated carbocycles. The Morgan fingerprint density at radius 3 is 2.90 bits per heavy atom. The molecule has 0 radical (unpaired) electrons. The Balaban J connectivity index is 2.35. The van der Waals surface area contributed by atoms with Crippen LogP contribution in [0.5, 0.6) is 0 Å². The van der Waals surface area contributed by atoms with Crippen LogP contribution in [-0.2, 0) is 4.74 Å². The summed E-state index contributed by atoms with van der Waals surface area (Å²) in [6, 6.07) is 0. The maximum atomic E-state index is 11.8. The second kappa shape index (κ2) is 6.06. The molecule has 4 unspecified atom stereocenters. The largest absolute Gasteiger partial charge is 0.394 e. The van der Waals surface area contributed by atoms with Gasteiger partial charge in [0.25, 0.3) is 0 Å². The summed E-state index contributed by atoms with van der Waals surface area (Å²) < 4.78 is 6.49. The molecule has 0 bridgehead atoms. The summed E-state index contributed by atoms with van der Waals surface area (Å²) >= 11 is 5.55. The van der Waals surface area contributed by atoms with Crippen LogP contribution < -0.4 is 11.4 Å². The van der Waals surface area contributed by atoms with Gasteiger partial charge in [-0.25, -0.2) is 4.79 Å². The maximum Gasteiger partial charge on any atom is 0.351 e. The van der Waals surface area contributed by atoms with Crippen LogP contribution >= 0.6 is 11.6 Å². The first-order valence-corrected chi connectivity index (χ1v) is 6.58. The van der Waals surface area contributed by atoms with Gasteiger partial charge in [0.1, 0.15) is 18.1 Å². The predicted molar refractivity (Wildman–Crippen MR) is 70.2 cm³/mol. The molecule has 0 aliphatic carbocycles. The maximum absolute atomic E-state index is 11.8. The van der Waals surface area contributed by atoms with Crippen LogP contribution in [0.4, 0.5) is 5.82 Å². The van der Waals surface area contributed by atoms with Gasteiger partial charge in [-0.3, -0.25) is 4.57 Å². The van der Waals surface area contributed by atoms with E-state index in [1.54, 1.807) is 0 Å². The van der Waals surface area contributed by atoms with Crippen LogP contribution in [0, 0.1) is 0 Å². The molecule has 1 aliphatic rings. The standard InChI is InChI=1S/C11H16ClN3O5/c12-2-7(18)5-3-15(11(19)14-10(5)13)9-1-6(17)8(4-16)20-9/h3,6-9,16-18H,1-2,4H2,(H2,13,14,19). The molecule has 5 N–H and O–H groups in total. The molecule has 1 fully saturated rings. The number of hydrogen-bond acceptors (Lipinski definition) is 7. The third-order valence-corrected chi connectivity index (χ3v) is 3.50. The van der Waals surface area contributed by atoms with E-state index in [-0.39, 0.29) is 30.3 Å². The second-order valence-corrected chi connectivity index (χ2v) is 4.86. The quantitative estimate of drug-likeness (QED) is 0.510. The molecule has 2 heterocycles. The van der Waals surface area contributed by atoms with E-state index in [0.717, 1.165) is 4.57 Å². The van der Waals surface area contributed by atoms with Crippen molar-refractivity contribution in [1.82, 2.24) is 9.55 Å². The molecule has 0 amide bonds. The minimum absolute atomic E-state index is 0.0997. The van der Waals surface area contributed by atoms with E-state index in [1.807, 2.05) is 0 Å². The highest BCUT2D eigenvalue weighted by atomic mass is 35.5. The summed E-state index contributed by atoms with van der Waals surface area (Å²) in [6.07, 6.45) is -2.02. The number of aliphatic hydroxyl groups is 3. The van der Waals surface area contributed by atoms with Crippen molar-refractivity contribution in [3.8, 4) is 0 Å². The van der Waals surface area contributed by atoms with Crippen LogP contribution in [0.3, 0.4) is 0 Å². The predicted octanol–water partition coefficient (Wildman–Crippen LogP) is -1.26. The number of alkyl halides is 1. The zero-order valence-corrected chi connectivity index (χ0v) is 11.3. The van der Waals surface area contributed by atoms with E-state index < -0.39 is 30.2 Å². The lowest BCUT2D eigenvalue weighted by Crippen LogP contribution is -2.29. The van der Waals surface area contributed by atoms with Crippen LogP contribution in [-0.4, -0.2) is 49.6 Å². The molecule has 2 rings (SSSR count). The SMILES string of the molecule is Nc1nc(=O)n(C2CC(O)C(CO)O2)cc1C(O)CCl. The molecule has 1 saturated heterocycles. The van der Waals surface area contributed by atoms with E-state index in [4.69, 9.17) is 27.2 Å². The monoisotopic (exact) mass is 305 g/mol. The van der Waals surface area contributed by atoms with Gasteiger partial charge in [-0.05, 0) is 0 Å². The summed E-state index contributed by atoms with van der Waals surface area (Å²) in [5.41, 5.74) is 5.12. The van der Waals surface area contributed by atoms with Crippen molar-refractivity contribution in [3.63, 3.8) is 0 Å². The fourth-order valence-corrected chi connectivity index (χ4v) is 2.26. The topological polar surface area (TPSA) is 131 Å². The molecule has 0 spiro atoms. The van der Waals surface area contributed by atoms with Crippen LogP contribution in [0.1, 0.15) is 24.3 Å². The number of aromatic nitrogens is 2. The van der Waals surface area contributed by atoms with Crippen molar-refractivity contribution >= 4 is 17.4 Å². The number of anilines is 1. The molecule has 8 nitrogen and oxygen atoms in total. The number of rotatable bonds is 4. The number of nitrogens with zero attached hydrogens (tertiary/aromatic N) is 2. The average Bonchev–Trinajstić information content (AvgIpc) is 2.79. The summed E-state index contributed by atoms with van der Waals surface area (Å²) in [4.78, 5) is 15.4. The number of halogens is 1. The van der Waals surface area contributed by atoms with Crippen molar-refractivity contribution < 1.29 is 20.1 Å². The molecule has 1 aromatic heterocycles. The fourth-order valence-electron chi connectivity index (χ4n) is 2.09. The molecular weight excluding hydrogens is 290 g/mol. The van der Waals surface area contributed by atoms with Crippen LogP contribution in [0.2, 0.25) is 0 Å². The van der Waals surface area contributed by atoms with Gasteiger partial charge in [-0.15, -0.1) is 11.6 Å². The summed E-state index contributed by atoms with van der Waals surface area (Å²) in [6.45, 7) is -0.355. The number of hydrogen-bond donors (Lipinski definition) is 4. The van der Waals surface area contributed by atoms with E-state index in [1.165, 1.54) is 6.20 Å². The zero-order valence-electron chi connectivity index (χ0n) is 10.5. The van der Waals surface area contributed by atoms with Crippen LogP contribution in [0.15, 0.2) is 11.0 Å². The molecular formula is C11H16ClN3O5. The minimum atomic E-state index is -1.06. The molecule has 1 aliphatic heterocycles. The Morgan fingerprint density at radius 2 is 2.35 bits per heavy atom. The fraction of sp³-hybridized carbons (Fsp3) is 0.636. The van der Waals surface area contributed by atoms with E-state index in [2.05, 4.69) is 4.98 Å². The van der Waals surface area contributed by atoms with Crippen molar-refractivity contribution in [3.05, 3.63) is 22.2 Å². The third-order valence-electron chi connectivity index (χ3n) is 3.21. The summed E-state index contributed by atoms with van der Waals surface area (Å²) in [7, 11) is 0. The first kappa shape index (κ1) is 15.2. The Bertz CT molecular complexity index is 537. The number of ether oxygens (including phenoxy) is 1. The number of nitrogen functional groups attached to an aromatic ring is 1. The van der Waals surface area contributed by atoms with Gasteiger partial charge in [0.15, 0.2) is 0 Å². The van der Waals surface area contributed by atoms with Crippen molar-refractivity contribution in [2.24, 2.45) is 0 Å². The molecule has 1 aromatic rings. The molecule has 20 heavy (non-hydrogen) atoms. The molecule has 0 aromatic carbocycles. The Morgan fingerprint density at radius 1 is 1.65 bits per heavy atom. The highest BCUT2D eigenvalue weighted by molar-refractivity contribution is 6.18. The van der Waals surface area contributed by atoms with Gasteiger partial charge < -0.3 is 25.8 Å². The minimum Gasteiger partial charge on any atom is -0.394 e. The lowest BCUT2D eigenvalue weighted by atomic mass is 10.2. The van der Waals surface area contributed by atoms with Crippen molar-refractivity contribution in [1.29, 1.82) is 0 Å². The van der Waals surface area contributed by atoms with Gasteiger partial charge in [0.05, 0.1) is 24.7 Å². The Hall–Kier alpha value is -1.19. The van der Waals surface area contributed by atoms with Gasteiger partial charge in [-0.1, -0.05) is 0 Å². The highest BCUT2D eigenvalue weighted by Gasteiger charge is 2.35.